The summed E-state index contributed by atoms with van der Waals surface area (Å²) in [5.74, 6) is 2.32. The summed E-state index contributed by atoms with van der Waals surface area (Å²) in [7, 11) is 1.64. The zero-order valence-electron chi connectivity index (χ0n) is 12.2. The fourth-order valence-electron chi connectivity index (χ4n) is 2.20. The molecular weight excluding hydrogens is 250 g/mol. The third-order valence-electron chi connectivity index (χ3n) is 3.24. The van der Waals surface area contributed by atoms with Gasteiger partial charge in [0.25, 0.3) is 0 Å². The monoisotopic (exact) mass is 271 g/mol. The maximum absolute atomic E-state index is 6.04. The zero-order valence-corrected chi connectivity index (χ0v) is 12.2. The average Bonchev–Trinajstić information content (AvgIpc) is 2.46. The van der Waals surface area contributed by atoms with Gasteiger partial charge in [-0.2, -0.15) is 0 Å². The summed E-state index contributed by atoms with van der Waals surface area (Å²) in [6.45, 7) is 4.05. The Balaban J connectivity index is 2.37. The molecule has 3 nitrogen and oxygen atoms in total. The smallest absolute Gasteiger partial charge is 0.135 e. The van der Waals surface area contributed by atoms with E-state index in [9.17, 15) is 0 Å². The molecule has 0 heterocycles. The normalized spacial score (nSPS) is 12.0. The van der Waals surface area contributed by atoms with E-state index in [0.29, 0.717) is 0 Å². The molecule has 0 aromatic heterocycles. The van der Waals surface area contributed by atoms with Gasteiger partial charge in [-0.05, 0) is 43.2 Å². The van der Waals surface area contributed by atoms with E-state index in [0.717, 1.165) is 29.2 Å². The lowest BCUT2D eigenvalue weighted by atomic mass is 10.1. The SMILES string of the molecule is CCc1cccc(Oc2cccc(OC)c2[C@@H](C)N)c1. The first-order valence-electron chi connectivity index (χ1n) is 6.85. The Morgan fingerprint density at radius 3 is 2.45 bits per heavy atom. The summed E-state index contributed by atoms with van der Waals surface area (Å²) in [5, 5.41) is 0. The highest BCUT2D eigenvalue weighted by molar-refractivity contribution is 5.48. The molecule has 0 amide bonds. The van der Waals surface area contributed by atoms with Gasteiger partial charge in [0.15, 0.2) is 0 Å². The highest BCUT2D eigenvalue weighted by Gasteiger charge is 2.14. The van der Waals surface area contributed by atoms with Gasteiger partial charge < -0.3 is 15.2 Å². The fraction of sp³-hybridized carbons (Fsp3) is 0.294. The Morgan fingerprint density at radius 1 is 1.10 bits per heavy atom. The van der Waals surface area contributed by atoms with Crippen molar-refractivity contribution in [3.8, 4) is 17.2 Å². The highest BCUT2D eigenvalue weighted by atomic mass is 16.5. The maximum Gasteiger partial charge on any atom is 0.135 e. The molecular formula is C17H21NO2. The van der Waals surface area contributed by atoms with Crippen LogP contribution in [0.2, 0.25) is 0 Å². The van der Waals surface area contributed by atoms with E-state index in [1.54, 1.807) is 7.11 Å². The van der Waals surface area contributed by atoms with Crippen LogP contribution in [0, 0.1) is 0 Å². The average molecular weight is 271 g/mol. The van der Waals surface area contributed by atoms with E-state index < -0.39 is 0 Å². The number of hydrogen-bond donors (Lipinski definition) is 1. The van der Waals surface area contributed by atoms with Crippen LogP contribution in [-0.2, 0) is 6.42 Å². The largest absolute Gasteiger partial charge is 0.496 e. The second-order valence-electron chi connectivity index (χ2n) is 4.76. The van der Waals surface area contributed by atoms with Gasteiger partial charge in [0.2, 0.25) is 0 Å². The summed E-state index contributed by atoms with van der Waals surface area (Å²) < 4.78 is 11.4. The van der Waals surface area contributed by atoms with E-state index in [4.69, 9.17) is 15.2 Å². The molecule has 0 unspecified atom stereocenters. The summed E-state index contributed by atoms with van der Waals surface area (Å²) >= 11 is 0. The van der Waals surface area contributed by atoms with E-state index >= 15 is 0 Å². The van der Waals surface area contributed by atoms with Crippen molar-refractivity contribution in [1.82, 2.24) is 0 Å². The van der Waals surface area contributed by atoms with Crippen LogP contribution < -0.4 is 15.2 Å². The van der Waals surface area contributed by atoms with Gasteiger partial charge in [-0.1, -0.05) is 25.1 Å². The lowest BCUT2D eigenvalue weighted by Gasteiger charge is -2.17. The Labute approximate surface area is 120 Å². The van der Waals surface area contributed by atoms with Gasteiger partial charge in [-0.3, -0.25) is 0 Å². The molecule has 2 aromatic rings. The summed E-state index contributed by atoms with van der Waals surface area (Å²) in [6.07, 6.45) is 0.982. The molecule has 0 spiro atoms. The van der Waals surface area contributed by atoms with Crippen molar-refractivity contribution in [1.29, 1.82) is 0 Å². The molecule has 20 heavy (non-hydrogen) atoms. The van der Waals surface area contributed by atoms with Crippen molar-refractivity contribution >= 4 is 0 Å². The zero-order chi connectivity index (χ0) is 14.5. The van der Waals surface area contributed by atoms with Crippen LogP contribution in [0.1, 0.15) is 31.0 Å². The molecule has 3 heteroatoms. The molecule has 0 saturated carbocycles. The lowest BCUT2D eigenvalue weighted by Crippen LogP contribution is -2.08. The molecule has 1 atom stereocenters. The summed E-state index contributed by atoms with van der Waals surface area (Å²) in [6, 6.07) is 13.6. The third kappa shape index (κ3) is 3.11. The predicted molar refractivity (Wildman–Crippen MR) is 81.5 cm³/mol. The molecule has 0 aliphatic rings. The van der Waals surface area contributed by atoms with Gasteiger partial charge in [0.1, 0.15) is 17.2 Å². The molecule has 106 valence electrons. The summed E-state index contributed by atoms with van der Waals surface area (Å²) in [4.78, 5) is 0. The molecule has 0 fully saturated rings. The van der Waals surface area contributed by atoms with Gasteiger partial charge in [0, 0.05) is 6.04 Å². The van der Waals surface area contributed by atoms with Gasteiger partial charge in [0.05, 0.1) is 12.7 Å². The van der Waals surface area contributed by atoms with E-state index in [-0.39, 0.29) is 6.04 Å². The summed E-state index contributed by atoms with van der Waals surface area (Å²) in [5.41, 5.74) is 8.17. The molecule has 0 aliphatic carbocycles. The predicted octanol–water partition coefficient (Wildman–Crippen LogP) is 4.07. The molecule has 0 radical (unpaired) electrons. The first kappa shape index (κ1) is 14.4. The van der Waals surface area contributed by atoms with Crippen LogP contribution in [-0.4, -0.2) is 7.11 Å². The molecule has 0 saturated heterocycles. The number of nitrogens with two attached hydrogens (primary N) is 1. The first-order valence-corrected chi connectivity index (χ1v) is 6.85. The van der Waals surface area contributed by atoms with Crippen LogP contribution in [0.4, 0.5) is 0 Å². The second kappa shape index (κ2) is 6.44. The van der Waals surface area contributed by atoms with Gasteiger partial charge in [-0.25, -0.2) is 0 Å². The van der Waals surface area contributed by atoms with Crippen molar-refractivity contribution < 1.29 is 9.47 Å². The van der Waals surface area contributed by atoms with Crippen molar-refractivity contribution in [3.63, 3.8) is 0 Å². The quantitative estimate of drug-likeness (QED) is 0.891. The third-order valence-corrected chi connectivity index (χ3v) is 3.24. The van der Waals surface area contributed by atoms with Crippen molar-refractivity contribution in [3.05, 3.63) is 53.6 Å². The molecule has 2 N–H and O–H groups in total. The maximum atomic E-state index is 6.04. The number of aryl methyl sites for hydroxylation is 1. The van der Waals surface area contributed by atoms with Crippen molar-refractivity contribution in [2.24, 2.45) is 5.73 Å². The minimum absolute atomic E-state index is 0.157. The van der Waals surface area contributed by atoms with E-state index in [1.807, 2.05) is 43.3 Å². The number of ether oxygens (including phenoxy) is 2. The Morgan fingerprint density at radius 2 is 1.80 bits per heavy atom. The first-order chi connectivity index (χ1) is 9.65. The van der Waals surface area contributed by atoms with Crippen molar-refractivity contribution in [2.45, 2.75) is 26.3 Å². The van der Waals surface area contributed by atoms with Crippen LogP contribution in [0.5, 0.6) is 17.2 Å². The minimum Gasteiger partial charge on any atom is -0.496 e. The number of rotatable bonds is 5. The number of benzene rings is 2. The number of methoxy groups -OCH3 is 1. The fourth-order valence-corrected chi connectivity index (χ4v) is 2.20. The standard InChI is InChI=1S/C17H21NO2/c1-4-13-7-5-8-14(11-13)20-16-10-6-9-15(19-3)17(16)12(2)18/h5-12H,4,18H2,1-3H3/t12-/m1/s1. The van der Waals surface area contributed by atoms with Crippen LogP contribution in [0.25, 0.3) is 0 Å². The molecule has 2 aromatic carbocycles. The second-order valence-corrected chi connectivity index (χ2v) is 4.76. The van der Waals surface area contributed by atoms with E-state index in [1.165, 1.54) is 5.56 Å². The Hall–Kier alpha value is -2.00. The molecule has 2 rings (SSSR count). The lowest BCUT2D eigenvalue weighted by molar-refractivity contribution is 0.397. The minimum atomic E-state index is -0.157. The van der Waals surface area contributed by atoms with Gasteiger partial charge in [-0.15, -0.1) is 0 Å². The Bertz CT molecular complexity index is 579. The van der Waals surface area contributed by atoms with E-state index in [2.05, 4.69) is 13.0 Å². The molecule has 0 bridgehead atoms. The van der Waals surface area contributed by atoms with Crippen LogP contribution in [0.3, 0.4) is 0 Å². The Kier molecular flexibility index (Phi) is 4.64. The van der Waals surface area contributed by atoms with Crippen LogP contribution in [0.15, 0.2) is 42.5 Å². The van der Waals surface area contributed by atoms with Gasteiger partial charge >= 0.3 is 0 Å². The topological polar surface area (TPSA) is 44.5 Å². The van der Waals surface area contributed by atoms with Crippen LogP contribution >= 0.6 is 0 Å². The molecule has 0 aliphatic heterocycles. The van der Waals surface area contributed by atoms with Crippen molar-refractivity contribution in [2.75, 3.05) is 7.11 Å². The highest BCUT2D eigenvalue weighted by Crippen LogP contribution is 2.35. The number of hydrogen-bond acceptors (Lipinski definition) is 3.